The number of nitrogens with zero attached hydrogens (tertiary/aromatic N) is 3. The molecule has 0 amide bonds. The van der Waals surface area contributed by atoms with E-state index < -0.39 is 15.3 Å². The van der Waals surface area contributed by atoms with E-state index in [1.165, 1.54) is 24.4 Å². The summed E-state index contributed by atoms with van der Waals surface area (Å²) < 4.78 is 66.1. The summed E-state index contributed by atoms with van der Waals surface area (Å²) in [6.07, 6.45) is 3.05. The molecular formula is C24H19ClF3N3O2S2. The van der Waals surface area contributed by atoms with E-state index >= 15 is 0 Å². The van der Waals surface area contributed by atoms with E-state index in [0.29, 0.717) is 21.8 Å². The van der Waals surface area contributed by atoms with Gasteiger partial charge in [0.1, 0.15) is 5.69 Å². The van der Waals surface area contributed by atoms with Crippen LogP contribution in [0.15, 0.2) is 76.8 Å². The van der Waals surface area contributed by atoms with Crippen LogP contribution in [0.5, 0.6) is 0 Å². The highest BCUT2D eigenvalue weighted by molar-refractivity contribution is 8.00. The van der Waals surface area contributed by atoms with Crippen LogP contribution in [0.1, 0.15) is 6.92 Å². The first-order valence-electron chi connectivity index (χ1n) is 10.4. The Bertz CT molecular complexity index is 1480. The van der Waals surface area contributed by atoms with Gasteiger partial charge in [-0.2, -0.15) is 13.2 Å². The minimum absolute atomic E-state index is 0.0223. The van der Waals surface area contributed by atoms with E-state index in [1.54, 1.807) is 61.1 Å². The predicted molar refractivity (Wildman–Crippen MR) is 132 cm³/mol. The average molecular weight is 538 g/mol. The molecule has 0 spiro atoms. The van der Waals surface area contributed by atoms with Crippen LogP contribution in [-0.2, 0) is 16.9 Å². The van der Waals surface area contributed by atoms with E-state index in [9.17, 15) is 21.6 Å². The van der Waals surface area contributed by atoms with Crippen molar-refractivity contribution < 1.29 is 21.6 Å². The fourth-order valence-electron chi connectivity index (χ4n) is 3.56. The number of hydrogen-bond acceptors (Lipinski definition) is 5. The second-order valence-corrected chi connectivity index (χ2v) is 11.4. The smallest absolute Gasteiger partial charge is 0.326 e. The zero-order valence-electron chi connectivity index (χ0n) is 18.5. The second-order valence-electron chi connectivity index (χ2n) is 7.58. The Labute approximate surface area is 209 Å². The molecule has 11 heteroatoms. The molecule has 4 rings (SSSR count). The van der Waals surface area contributed by atoms with Crippen molar-refractivity contribution in [2.24, 2.45) is 7.05 Å². The highest BCUT2D eigenvalue weighted by Crippen LogP contribution is 2.39. The molecule has 4 aromatic rings. The Morgan fingerprint density at radius 2 is 1.69 bits per heavy atom. The van der Waals surface area contributed by atoms with Crippen LogP contribution in [0.3, 0.4) is 0 Å². The number of hydrogen-bond donors (Lipinski definition) is 0. The molecule has 0 fully saturated rings. The van der Waals surface area contributed by atoms with E-state index in [-0.39, 0.29) is 38.8 Å². The van der Waals surface area contributed by atoms with E-state index in [2.05, 4.69) is 9.97 Å². The maximum Gasteiger partial charge on any atom is 0.446 e. The molecule has 2 aromatic carbocycles. The molecule has 0 aliphatic carbocycles. The van der Waals surface area contributed by atoms with Crippen LogP contribution in [0.4, 0.5) is 13.2 Å². The molecule has 0 atom stereocenters. The lowest BCUT2D eigenvalue weighted by atomic mass is 10.1. The highest BCUT2D eigenvalue weighted by atomic mass is 35.5. The third-order valence-electron chi connectivity index (χ3n) is 5.31. The molecule has 0 aliphatic rings. The summed E-state index contributed by atoms with van der Waals surface area (Å²) in [5.74, 6) is 0.142. The van der Waals surface area contributed by atoms with Gasteiger partial charge in [0.2, 0.25) is 0 Å². The van der Waals surface area contributed by atoms with Gasteiger partial charge in [-0.15, -0.1) is 0 Å². The van der Waals surface area contributed by atoms with Crippen molar-refractivity contribution in [1.82, 2.24) is 14.5 Å². The highest BCUT2D eigenvalue weighted by Gasteiger charge is 2.29. The molecular weight excluding hydrogens is 519 g/mol. The zero-order chi connectivity index (χ0) is 25.4. The van der Waals surface area contributed by atoms with Crippen LogP contribution in [0.25, 0.3) is 33.9 Å². The molecule has 0 unspecified atom stereocenters. The summed E-state index contributed by atoms with van der Waals surface area (Å²) in [5, 5.41) is 0.554. The lowest BCUT2D eigenvalue weighted by Crippen LogP contribution is -2.09. The lowest BCUT2D eigenvalue weighted by Gasteiger charge is -2.13. The van der Waals surface area contributed by atoms with Gasteiger partial charge in [0.15, 0.2) is 15.7 Å². The predicted octanol–water partition coefficient (Wildman–Crippen LogP) is 6.88. The van der Waals surface area contributed by atoms with Crippen molar-refractivity contribution in [1.29, 1.82) is 0 Å². The van der Waals surface area contributed by atoms with Gasteiger partial charge >= 0.3 is 5.51 Å². The second kappa shape index (κ2) is 9.67. The molecule has 2 heterocycles. The molecule has 0 saturated heterocycles. The largest absolute Gasteiger partial charge is 0.446 e. The van der Waals surface area contributed by atoms with Crippen LogP contribution >= 0.6 is 23.4 Å². The van der Waals surface area contributed by atoms with Crippen LogP contribution in [0, 0.1) is 0 Å². The topological polar surface area (TPSA) is 64.8 Å². The number of halogens is 4. The number of benzene rings is 2. The molecule has 182 valence electrons. The molecule has 0 aliphatic heterocycles. The minimum atomic E-state index is -4.41. The summed E-state index contributed by atoms with van der Waals surface area (Å²) in [6.45, 7) is 1.54. The van der Waals surface area contributed by atoms with E-state index in [4.69, 9.17) is 11.6 Å². The van der Waals surface area contributed by atoms with Crippen molar-refractivity contribution in [3.63, 3.8) is 0 Å². The van der Waals surface area contributed by atoms with Gasteiger partial charge in [-0.05, 0) is 47.7 Å². The third kappa shape index (κ3) is 5.55. The van der Waals surface area contributed by atoms with E-state index in [1.807, 2.05) is 0 Å². The van der Waals surface area contributed by atoms with Crippen molar-refractivity contribution in [2.75, 3.05) is 5.75 Å². The van der Waals surface area contributed by atoms with E-state index in [0.717, 1.165) is 5.56 Å². The molecule has 0 bridgehead atoms. The lowest BCUT2D eigenvalue weighted by molar-refractivity contribution is -0.0328. The Morgan fingerprint density at radius 3 is 2.34 bits per heavy atom. The summed E-state index contributed by atoms with van der Waals surface area (Å²) >= 11 is 5.76. The summed E-state index contributed by atoms with van der Waals surface area (Å²) in [5.41, 5.74) is -1.86. The first-order chi connectivity index (χ1) is 16.5. The third-order valence-corrected chi connectivity index (χ3v) is 8.02. The van der Waals surface area contributed by atoms with Crippen molar-refractivity contribution in [3.05, 3.63) is 72.0 Å². The van der Waals surface area contributed by atoms with Crippen LogP contribution in [-0.4, -0.2) is 34.2 Å². The fourth-order valence-corrected chi connectivity index (χ4v) is 5.34. The molecule has 35 heavy (non-hydrogen) atoms. The van der Waals surface area contributed by atoms with Crippen LogP contribution in [0.2, 0.25) is 5.02 Å². The van der Waals surface area contributed by atoms with Crippen LogP contribution < -0.4 is 0 Å². The molecule has 0 saturated carbocycles. The van der Waals surface area contributed by atoms with Gasteiger partial charge in [-0.1, -0.05) is 42.8 Å². The number of imidazole rings is 1. The SMILES string of the molecule is CCS(=O)(=O)c1cc(-c2ccc(Cl)cc2)cnc1-c1ncc(-c2cccc(SC(F)(F)F)c2)n1C. The maximum atomic E-state index is 13.0. The first kappa shape index (κ1) is 25.3. The summed E-state index contributed by atoms with van der Waals surface area (Å²) in [4.78, 5) is 8.89. The number of aromatic nitrogens is 3. The monoisotopic (exact) mass is 537 g/mol. The number of sulfone groups is 1. The molecule has 0 radical (unpaired) electrons. The number of rotatable bonds is 6. The van der Waals surface area contributed by atoms with Gasteiger partial charge in [0.25, 0.3) is 0 Å². The molecule has 2 aromatic heterocycles. The summed E-state index contributed by atoms with van der Waals surface area (Å²) in [7, 11) is -2.02. The Hall–Kier alpha value is -2.82. The standard InChI is InChI=1S/C24H19ClF3N3O2S2/c1-3-35(32,33)21-12-17(15-7-9-18(25)10-8-15)13-29-22(21)23-30-14-20(31(23)2)16-5-4-6-19(11-16)34-24(26,27)28/h4-14H,3H2,1-2H3. The number of alkyl halides is 3. The molecule has 0 N–H and O–H groups in total. The minimum Gasteiger partial charge on any atom is -0.326 e. The van der Waals surface area contributed by atoms with Gasteiger partial charge in [0.05, 0.1) is 22.5 Å². The molecule has 5 nitrogen and oxygen atoms in total. The van der Waals surface area contributed by atoms with Crippen molar-refractivity contribution >= 4 is 33.2 Å². The van der Waals surface area contributed by atoms with Crippen molar-refractivity contribution in [3.8, 4) is 33.9 Å². The van der Waals surface area contributed by atoms with Gasteiger partial charge < -0.3 is 4.57 Å². The quantitative estimate of drug-likeness (QED) is 0.251. The van der Waals surface area contributed by atoms with Gasteiger partial charge in [-0.3, -0.25) is 4.98 Å². The average Bonchev–Trinajstić information content (AvgIpc) is 3.19. The normalized spacial score (nSPS) is 12.2. The maximum absolute atomic E-state index is 13.0. The number of thioether (sulfide) groups is 1. The Kier molecular flexibility index (Phi) is 6.99. The fraction of sp³-hybridized carbons (Fsp3) is 0.167. The number of pyridine rings is 1. The Balaban J connectivity index is 1.81. The first-order valence-corrected chi connectivity index (χ1v) is 13.2. The zero-order valence-corrected chi connectivity index (χ0v) is 20.9. The van der Waals surface area contributed by atoms with Gasteiger partial charge in [-0.25, -0.2) is 13.4 Å². The Morgan fingerprint density at radius 1 is 0.971 bits per heavy atom. The van der Waals surface area contributed by atoms with Crippen molar-refractivity contribution in [2.45, 2.75) is 22.2 Å². The van der Waals surface area contributed by atoms with Gasteiger partial charge in [0, 0.05) is 34.3 Å². The summed E-state index contributed by atoms with van der Waals surface area (Å²) in [6, 6.07) is 14.5.